The van der Waals surface area contributed by atoms with Crippen molar-refractivity contribution in [2.24, 2.45) is 0 Å². The van der Waals surface area contributed by atoms with Crippen molar-refractivity contribution >= 4 is 41.1 Å². The Kier molecular flexibility index (Phi) is 4.12. The summed E-state index contributed by atoms with van der Waals surface area (Å²) in [5, 5.41) is 1.20. The van der Waals surface area contributed by atoms with E-state index in [1.807, 2.05) is 0 Å². The highest BCUT2D eigenvalue weighted by Crippen LogP contribution is 2.36. The van der Waals surface area contributed by atoms with Crippen LogP contribution in [-0.2, 0) is 0 Å². The average Bonchev–Trinajstić information content (AvgIpc) is 2.36. The van der Waals surface area contributed by atoms with Crippen molar-refractivity contribution in [1.29, 1.82) is 0 Å². The monoisotopic (exact) mass is 300 g/mol. The predicted octanol–water partition coefficient (Wildman–Crippen LogP) is 5.25. The van der Waals surface area contributed by atoms with Crippen LogP contribution in [0.2, 0.25) is 15.1 Å². The highest BCUT2D eigenvalue weighted by Gasteiger charge is 2.11. The molecule has 0 bridgehead atoms. The maximum absolute atomic E-state index is 10.9. The Bertz CT molecular complexity index is 597. The lowest BCUT2D eigenvalue weighted by molar-refractivity contribution is 0.112. The lowest BCUT2D eigenvalue weighted by atomic mass is 10.2. The summed E-state index contributed by atoms with van der Waals surface area (Å²) in [6.07, 6.45) is 0.666. The zero-order valence-corrected chi connectivity index (χ0v) is 11.3. The number of benzene rings is 2. The van der Waals surface area contributed by atoms with Gasteiger partial charge in [0.05, 0.1) is 15.6 Å². The van der Waals surface area contributed by atoms with Gasteiger partial charge in [0.1, 0.15) is 5.75 Å². The van der Waals surface area contributed by atoms with Crippen molar-refractivity contribution in [1.82, 2.24) is 0 Å². The molecule has 2 aromatic carbocycles. The first-order valence-electron chi connectivity index (χ1n) is 4.98. The van der Waals surface area contributed by atoms with Crippen molar-refractivity contribution in [3.8, 4) is 11.5 Å². The van der Waals surface area contributed by atoms with E-state index < -0.39 is 0 Å². The highest BCUT2D eigenvalue weighted by molar-refractivity contribution is 6.34. The number of ether oxygens (including phenoxy) is 1. The molecule has 0 amide bonds. The minimum Gasteiger partial charge on any atom is -0.453 e. The fourth-order valence-electron chi connectivity index (χ4n) is 1.39. The molecule has 0 atom stereocenters. The Morgan fingerprint density at radius 3 is 2.50 bits per heavy atom. The minimum absolute atomic E-state index is 0.262. The van der Waals surface area contributed by atoms with Crippen LogP contribution in [0, 0.1) is 0 Å². The van der Waals surface area contributed by atoms with Gasteiger partial charge in [0.2, 0.25) is 0 Å². The van der Waals surface area contributed by atoms with Gasteiger partial charge in [-0.25, -0.2) is 0 Å². The van der Waals surface area contributed by atoms with Gasteiger partial charge in [0.15, 0.2) is 12.0 Å². The molecule has 0 aliphatic rings. The number of para-hydroxylation sites is 1. The van der Waals surface area contributed by atoms with Crippen LogP contribution in [0.1, 0.15) is 10.4 Å². The topological polar surface area (TPSA) is 26.3 Å². The van der Waals surface area contributed by atoms with E-state index in [4.69, 9.17) is 39.5 Å². The summed E-state index contributed by atoms with van der Waals surface area (Å²) < 4.78 is 5.56. The van der Waals surface area contributed by atoms with Crippen LogP contribution in [-0.4, -0.2) is 6.29 Å². The van der Waals surface area contributed by atoms with Crippen molar-refractivity contribution in [2.45, 2.75) is 0 Å². The number of carbonyl (C=O) groups excluding carboxylic acids is 1. The number of hydrogen-bond donors (Lipinski definition) is 0. The quantitative estimate of drug-likeness (QED) is 0.724. The van der Waals surface area contributed by atoms with E-state index in [9.17, 15) is 4.79 Å². The molecule has 0 aliphatic carbocycles. The van der Waals surface area contributed by atoms with E-state index in [0.717, 1.165) is 0 Å². The van der Waals surface area contributed by atoms with Gasteiger partial charge >= 0.3 is 0 Å². The molecule has 2 aromatic rings. The lowest BCUT2D eigenvalue weighted by Gasteiger charge is -2.11. The number of hydrogen-bond acceptors (Lipinski definition) is 2. The molecule has 2 nitrogen and oxygen atoms in total. The fourth-order valence-corrected chi connectivity index (χ4v) is 1.93. The van der Waals surface area contributed by atoms with Gasteiger partial charge in [-0.2, -0.15) is 0 Å². The van der Waals surface area contributed by atoms with Crippen LogP contribution in [0.15, 0.2) is 36.4 Å². The van der Waals surface area contributed by atoms with Crippen LogP contribution >= 0.6 is 34.8 Å². The third-order valence-corrected chi connectivity index (χ3v) is 3.07. The first kappa shape index (κ1) is 13.2. The molecule has 0 unspecified atom stereocenters. The Labute approximate surface area is 119 Å². The number of halogens is 3. The van der Waals surface area contributed by atoms with Gasteiger partial charge < -0.3 is 4.74 Å². The molecule has 0 aromatic heterocycles. The largest absolute Gasteiger partial charge is 0.453 e. The summed E-state index contributed by atoms with van der Waals surface area (Å²) in [5.74, 6) is 0.610. The predicted molar refractivity (Wildman–Crippen MR) is 73.4 cm³/mol. The van der Waals surface area contributed by atoms with Crippen LogP contribution in [0.25, 0.3) is 0 Å². The molecule has 0 fully saturated rings. The Balaban J connectivity index is 2.45. The zero-order chi connectivity index (χ0) is 13.1. The molecule has 0 heterocycles. The molecule has 92 valence electrons. The minimum atomic E-state index is 0.262. The molecule has 0 aliphatic heterocycles. The zero-order valence-electron chi connectivity index (χ0n) is 8.99. The number of carbonyl (C=O) groups is 1. The number of aldehydes is 1. The maximum atomic E-state index is 10.9. The SMILES string of the molecule is O=Cc1cccc(Cl)c1Oc1cc(Cl)ccc1Cl. The summed E-state index contributed by atoms with van der Waals surface area (Å²) >= 11 is 17.8. The van der Waals surface area contributed by atoms with Gasteiger partial charge in [-0.1, -0.05) is 40.9 Å². The summed E-state index contributed by atoms with van der Waals surface area (Å²) in [7, 11) is 0. The van der Waals surface area contributed by atoms with Crippen LogP contribution < -0.4 is 4.74 Å². The van der Waals surface area contributed by atoms with Crippen molar-refractivity contribution in [3.05, 3.63) is 57.0 Å². The molecule has 0 saturated heterocycles. The molecular formula is C13H7Cl3O2. The molecule has 0 N–H and O–H groups in total. The van der Waals surface area contributed by atoms with E-state index in [1.165, 1.54) is 0 Å². The Morgan fingerprint density at radius 2 is 1.78 bits per heavy atom. The van der Waals surface area contributed by atoms with Gasteiger partial charge in [-0.3, -0.25) is 4.79 Å². The molecule has 0 radical (unpaired) electrons. The highest BCUT2D eigenvalue weighted by atomic mass is 35.5. The molecule has 18 heavy (non-hydrogen) atoms. The smallest absolute Gasteiger partial charge is 0.156 e. The molecule has 0 spiro atoms. The molecule has 0 saturated carbocycles. The van der Waals surface area contributed by atoms with Crippen LogP contribution in [0.4, 0.5) is 0 Å². The third kappa shape index (κ3) is 2.78. The molecular weight excluding hydrogens is 294 g/mol. The van der Waals surface area contributed by atoms with E-state index in [0.29, 0.717) is 32.7 Å². The first-order chi connectivity index (χ1) is 8.61. The van der Waals surface area contributed by atoms with Crippen molar-refractivity contribution < 1.29 is 9.53 Å². The maximum Gasteiger partial charge on any atom is 0.156 e. The van der Waals surface area contributed by atoms with Crippen molar-refractivity contribution in [3.63, 3.8) is 0 Å². The fraction of sp³-hybridized carbons (Fsp3) is 0. The summed E-state index contributed by atoms with van der Waals surface area (Å²) in [4.78, 5) is 10.9. The van der Waals surface area contributed by atoms with Gasteiger partial charge in [0.25, 0.3) is 0 Å². The Morgan fingerprint density at radius 1 is 1.00 bits per heavy atom. The second-order valence-corrected chi connectivity index (χ2v) is 4.70. The van der Waals surface area contributed by atoms with E-state index in [1.54, 1.807) is 36.4 Å². The van der Waals surface area contributed by atoms with Gasteiger partial charge in [-0.05, 0) is 24.3 Å². The normalized spacial score (nSPS) is 10.2. The standard InChI is InChI=1S/C13H7Cl3O2/c14-9-4-5-10(15)12(6-9)18-13-8(7-17)2-1-3-11(13)16/h1-7H. The van der Waals surface area contributed by atoms with Crippen LogP contribution in [0.5, 0.6) is 11.5 Å². The molecule has 2 rings (SSSR count). The van der Waals surface area contributed by atoms with E-state index in [2.05, 4.69) is 0 Å². The summed E-state index contributed by atoms with van der Waals surface area (Å²) in [6, 6.07) is 9.70. The molecule has 5 heteroatoms. The summed E-state index contributed by atoms with van der Waals surface area (Å²) in [6.45, 7) is 0. The number of rotatable bonds is 3. The second kappa shape index (κ2) is 5.61. The first-order valence-corrected chi connectivity index (χ1v) is 6.12. The van der Waals surface area contributed by atoms with Crippen molar-refractivity contribution in [2.75, 3.05) is 0 Å². The summed E-state index contributed by atoms with van der Waals surface area (Å²) in [5.41, 5.74) is 0.346. The average molecular weight is 302 g/mol. The lowest BCUT2D eigenvalue weighted by Crippen LogP contribution is -1.92. The van der Waals surface area contributed by atoms with Gasteiger partial charge in [-0.15, -0.1) is 0 Å². The Hall–Kier alpha value is -1.22. The van der Waals surface area contributed by atoms with E-state index >= 15 is 0 Å². The van der Waals surface area contributed by atoms with Crippen LogP contribution in [0.3, 0.4) is 0 Å². The van der Waals surface area contributed by atoms with Gasteiger partial charge in [0, 0.05) is 11.1 Å². The second-order valence-electron chi connectivity index (χ2n) is 3.45. The van der Waals surface area contributed by atoms with E-state index in [-0.39, 0.29) is 5.75 Å². The third-order valence-electron chi connectivity index (χ3n) is 2.23.